The summed E-state index contributed by atoms with van der Waals surface area (Å²) in [6.45, 7) is 7.40. The maximum absolute atomic E-state index is 12.4. The number of halogens is 1. The zero-order valence-electron chi connectivity index (χ0n) is 14.9. The third-order valence-electron chi connectivity index (χ3n) is 5.28. The van der Waals surface area contributed by atoms with Crippen LogP contribution in [0.5, 0.6) is 0 Å². The smallest absolute Gasteiger partial charge is 0.223 e. The van der Waals surface area contributed by atoms with Crippen molar-refractivity contribution in [3.05, 3.63) is 28.3 Å². The Morgan fingerprint density at radius 1 is 1.36 bits per heavy atom. The lowest BCUT2D eigenvalue weighted by molar-refractivity contribution is -0.136. The molecule has 0 radical (unpaired) electrons. The van der Waals surface area contributed by atoms with Gasteiger partial charge in [-0.15, -0.1) is 0 Å². The first kappa shape index (κ1) is 18.2. The summed E-state index contributed by atoms with van der Waals surface area (Å²) in [6, 6.07) is 3.96. The summed E-state index contributed by atoms with van der Waals surface area (Å²) in [5, 5.41) is 3.33. The van der Waals surface area contributed by atoms with Gasteiger partial charge in [-0.1, -0.05) is 11.6 Å². The molecule has 2 aliphatic rings. The number of hydrogen-bond donors (Lipinski definition) is 1. The molecule has 1 aliphatic heterocycles. The predicted octanol–water partition coefficient (Wildman–Crippen LogP) is 3.05. The van der Waals surface area contributed by atoms with Crippen molar-refractivity contribution in [2.24, 2.45) is 5.92 Å². The van der Waals surface area contributed by atoms with Crippen molar-refractivity contribution >= 4 is 29.6 Å². The number of anilines is 1. The molecule has 2 fully saturated rings. The number of benzene rings is 1. The van der Waals surface area contributed by atoms with Gasteiger partial charge in [-0.25, -0.2) is 0 Å². The van der Waals surface area contributed by atoms with Crippen LogP contribution >= 0.6 is 11.6 Å². The first-order valence-electron chi connectivity index (χ1n) is 8.99. The van der Waals surface area contributed by atoms with Crippen molar-refractivity contribution in [1.29, 1.82) is 0 Å². The molecule has 1 aliphatic carbocycles. The molecule has 1 saturated carbocycles. The van der Waals surface area contributed by atoms with E-state index < -0.39 is 0 Å². The van der Waals surface area contributed by atoms with Crippen molar-refractivity contribution in [1.82, 2.24) is 9.80 Å². The fourth-order valence-corrected chi connectivity index (χ4v) is 3.83. The molecule has 2 amide bonds. The number of carbonyl (C=O) groups is 2. The van der Waals surface area contributed by atoms with Crippen molar-refractivity contribution in [2.75, 3.05) is 25.0 Å². The number of nitrogens with zero attached hydrogens (tertiary/aromatic N) is 2. The van der Waals surface area contributed by atoms with E-state index in [1.54, 1.807) is 6.07 Å². The molecule has 1 aromatic rings. The summed E-state index contributed by atoms with van der Waals surface area (Å²) >= 11 is 6.20. The molecular formula is C19H26ClN3O2. The molecule has 1 saturated heterocycles. The SMILES string of the molecule is Cc1c(CN2CCN(C(=O)CC3CC3)[C@@H](C)C2)cc(Cl)cc1NC=O. The van der Waals surface area contributed by atoms with Gasteiger partial charge in [-0.05, 0) is 55.9 Å². The number of hydrogen-bond acceptors (Lipinski definition) is 3. The van der Waals surface area contributed by atoms with Crippen LogP contribution in [0, 0.1) is 12.8 Å². The Hall–Kier alpha value is -1.59. The number of nitrogens with one attached hydrogen (secondary N) is 1. The van der Waals surface area contributed by atoms with E-state index in [0.29, 0.717) is 23.3 Å². The highest BCUT2D eigenvalue weighted by Crippen LogP contribution is 2.33. The third-order valence-corrected chi connectivity index (χ3v) is 5.50. The molecule has 6 heteroatoms. The molecule has 1 N–H and O–H groups in total. The van der Waals surface area contributed by atoms with Crippen LogP contribution in [0.15, 0.2) is 12.1 Å². The minimum Gasteiger partial charge on any atom is -0.337 e. The second kappa shape index (κ2) is 7.75. The van der Waals surface area contributed by atoms with Gasteiger partial charge in [0.2, 0.25) is 12.3 Å². The standard InChI is InChI=1S/C19H26ClN3O2/c1-13-10-22(5-6-23(13)19(25)7-15-3-4-15)11-16-8-17(20)9-18(14(16)2)21-12-24/h8-9,12-13,15H,3-7,10-11H2,1-2H3,(H,21,24)/t13-/m0/s1. The minimum atomic E-state index is 0.229. The third kappa shape index (κ3) is 4.53. The average Bonchev–Trinajstić information content (AvgIpc) is 3.36. The van der Waals surface area contributed by atoms with Gasteiger partial charge >= 0.3 is 0 Å². The van der Waals surface area contributed by atoms with Gasteiger partial charge in [0.15, 0.2) is 0 Å². The summed E-state index contributed by atoms with van der Waals surface area (Å²) in [7, 11) is 0. The highest BCUT2D eigenvalue weighted by molar-refractivity contribution is 6.31. The fourth-order valence-electron chi connectivity index (χ4n) is 3.59. The first-order chi connectivity index (χ1) is 12.0. The van der Waals surface area contributed by atoms with Gasteiger partial charge in [0.25, 0.3) is 0 Å². The lowest BCUT2D eigenvalue weighted by Gasteiger charge is -2.40. The maximum Gasteiger partial charge on any atom is 0.223 e. The predicted molar refractivity (Wildman–Crippen MR) is 99.7 cm³/mol. The highest BCUT2D eigenvalue weighted by Gasteiger charge is 2.31. The number of piperazine rings is 1. The Labute approximate surface area is 154 Å². The summed E-state index contributed by atoms with van der Waals surface area (Å²) in [5.41, 5.74) is 2.90. The second-order valence-electron chi connectivity index (χ2n) is 7.32. The molecule has 0 bridgehead atoms. The second-order valence-corrected chi connectivity index (χ2v) is 7.75. The molecule has 0 spiro atoms. The summed E-state index contributed by atoms with van der Waals surface area (Å²) in [6.07, 6.45) is 3.82. The zero-order valence-corrected chi connectivity index (χ0v) is 15.7. The zero-order chi connectivity index (χ0) is 18.0. The molecule has 1 heterocycles. The largest absolute Gasteiger partial charge is 0.337 e. The van der Waals surface area contributed by atoms with Crippen LogP contribution in [-0.4, -0.2) is 47.8 Å². The Kier molecular flexibility index (Phi) is 5.64. The van der Waals surface area contributed by atoms with Gasteiger partial charge in [0.05, 0.1) is 0 Å². The Morgan fingerprint density at radius 2 is 2.12 bits per heavy atom. The lowest BCUT2D eigenvalue weighted by atomic mass is 10.0. The minimum absolute atomic E-state index is 0.229. The number of carbonyl (C=O) groups excluding carboxylic acids is 2. The van der Waals surface area contributed by atoms with Crippen LogP contribution < -0.4 is 5.32 Å². The topological polar surface area (TPSA) is 52.6 Å². The molecule has 0 unspecified atom stereocenters. The van der Waals surface area contributed by atoms with Crippen LogP contribution in [0.2, 0.25) is 5.02 Å². The number of amides is 2. The molecule has 136 valence electrons. The highest BCUT2D eigenvalue weighted by atomic mass is 35.5. The van der Waals surface area contributed by atoms with E-state index in [4.69, 9.17) is 11.6 Å². The van der Waals surface area contributed by atoms with Crippen LogP contribution in [0.4, 0.5) is 5.69 Å². The summed E-state index contributed by atoms with van der Waals surface area (Å²) < 4.78 is 0. The molecule has 1 atom stereocenters. The van der Waals surface area contributed by atoms with E-state index >= 15 is 0 Å². The van der Waals surface area contributed by atoms with E-state index in [9.17, 15) is 9.59 Å². The summed E-state index contributed by atoms with van der Waals surface area (Å²) in [4.78, 5) is 27.5. The van der Waals surface area contributed by atoms with Gasteiger partial charge in [-0.2, -0.15) is 0 Å². The van der Waals surface area contributed by atoms with Crippen molar-refractivity contribution < 1.29 is 9.59 Å². The van der Waals surface area contributed by atoms with Crippen LogP contribution in [0.25, 0.3) is 0 Å². The fraction of sp³-hybridized carbons (Fsp3) is 0.579. The average molecular weight is 364 g/mol. The van der Waals surface area contributed by atoms with Crippen molar-refractivity contribution in [2.45, 2.75) is 45.7 Å². The van der Waals surface area contributed by atoms with E-state index in [2.05, 4.69) is 17.1 Å². The monoisotopic (exact) mass is 363 g/mol. The van der Waals surface area contributed by atoms with E-state index in [1.807, 2.05) is 17.9 Å². The van der Waals surface area contributed by atoms with Crippen molar-refractivity contribution in [3.63, 3.8) is 0 Å². The lowest BCUT2D eigenvalue weighted by Crippen LogP contribution is -2.53. The summed E-state index contributed by atoms with van der Waals surface area (Å²) in [5.74, 6) is 0.946. The van der Waals surface area contributed by atoms with Crippen LogP contribution in [-0.2, 0) is 16.1 Å². The van der Waals surface area contributed by atoms with Gasteiger partial charge in [-0.3, -0.25) is 14.5 Å². The van der Waals surface area contributed by atoms with E-state index in [0.717, 1.165) is 49.4 Å². The van der Waals surface area contributed by atoms with Gasteiger partial charge < -0.3 is 10.2 Å². The molecule has 25 heavy (non-hydrogen) atoms. The molecule has 5 nitrogen and oxygen atoms in total. The van der Waals surface area contributed by atoms with Crippen molar-refractivity contribution in [3.8, 4) is 0 Å². The Balaban J connectivity index is 1.63. The van der Waals surface area contributed by atoms with Gasteiger partial charge in [0, 0.05) is 49.4 Å². The molecule has 0 aromatic heterocycles. The first-order valence-corrected chi connectivity index (χ1v) is 9.36. The van der Waals surface area contributed by atoms with E-state index in [1.165, 1.54) is 12.8 Å². The van der Waals surface area contributed by atoms with Crippen LogP contribution in [0.3, 0.4) is 0 Å². The van der Waals surface area contributed by atoms with Crippen LogP contribution in [0.1, 0.15) is 37.3 Å². The van der Waals surface area contributed by atoms with E-state index in [-0.39, 0.29) is 6.04 Å². The normalized spacial score (nSPS) is 21.2. The molecular weight excluding hydrogens is 338 g/mol. The molecule has 1 aromatic carbocycles. The number of rotatable bonds is 6. The maximum atomic E-state index is 12.4. The Bertz CT molecular complexity index is 660. The Morgan fingerprint density at radius 3 is 2.76 bits per heavy atom. The van der Waals surface area contributed by atoms with Gasteiger partial charge in [0.1, 0.15) is 0 Å². The quantitative estimate of drug-likeness (QED) is 0.790. The molecule has 3 rings (SSSR count).